The molecular formula is C11H17N3. The summed E-state index contributed by atoms with van der Waals surface area (Å²) in [7, 11) is 0. The first kappa shape index (κ1) is 10.6. The van der Waals surface area contributed by atoms with E-state index in [1.807, 2.05) is 26.0 Å². The number of nitrogens with two attached hydrogens (primary N) is 1. The summed E-state index contributed by atoms with van der Waals surface area (Å²) in [5.74, 6) is 0.920. The van der Waals surface area contributed by atoms with Crippen LogP contribution in [0.15, 0.2) is 24.4 Å². The number of hydrogen-bond acceptors (Lipinski definition) is 3. The van der Waals surface area contributed by atoms with Gasteiger partial charge in [-0.1, -0.05) is 12.2 Å². The number of hydrogen-bond donors (Lipinski definition) is 2. The van der Waals surface area contributed by atoms with Gasteiger partial charge in [-0.3, -0.25) is 0 Å². The van der Waals surface area contributed by atoms with Crippen molar-refractivity contribution in [1.29, 1.82) is 0 Å². The number of aromatic nitrogens is 1. The molecule has 0 aliphatic carbocycles. The fraction of sp³-hybridized carbons (Fsp3) is 0.364. The van der Waals surface area contributed by atoms with Crippen molar-refractivity contribution >= 4 is 11.5 Å². The van der Waals surface area contributed by atoms with Gasteiger partial charge in [0.15, 0.2) is 0 Å². The highest BCUT2D eigenvalue weighted by atomic mass is 15.0. The normalized spacial score (nSPS) is 10.7. The van der Waals surface area contributed by atoms with Crippen molar-refractivity contribution in [2.24, 2.45) is 0 Å². The quantitative estimate of drug-likeness (QED) is 0.567. The zero-order valence-corrected chi connectivity index (χ0v) is 8.75. The monoisotopic (exact) mass is 191 g/mol. The number of nitrogens with one attached hydrogen (secondary N) is 1. The van der Waals surface area contributed by atoms with Crippen molar-refractivity contribution in [2.75, 3.05) is 17.6 Å². The lowest BCUT2D eigenvalue weighted by atomic mass is 10.2. The van der Waals surface area contributed by atoms with E-state index in [4.69, 9.17) is 5.73 Å². The first-order valence-electron chi connectivity index (χ1n) is 4.81. The molecule has 0 aromatic carbocycles. The van der Waals surface area contributed by atoms with Crippen molar-refractivity contribution < 1.29 is 0 Å². The summed E-state index contributed by atoms with van der Waals surface area (Å²) in [5, 5.41) is 3.26. The summed E-state index contributed by atoms with van der Waals surface area (Å²) in [5.41, 5.74) is 7.40. The summed E-state index contributed by atoms with van der Waals surface area (Å²) in [4.78, 5) is 4.22. The maximum Gasteiger partial charge on any atom is 0.129 e. The molecule has 1 aromatic rings. The minimum Gasteiger partial charge on any atom is -0.397 e. The topological polar surface area (TPSA) is 50.9 Å². The Morgan fingerprint density at radius 1 is 1.57 bits per heavy atom. The maximum atomic E-state index is 5.60. The summed E-state index contributed by atoms with van der Waals surface area (Å²) in [6.07, 6.45) is 6.86. The molecule has 1 heterocycles. The largest absolute Gasteiger partial charge is 0.397 e. The van der Waals surface area contributed by atoms with Crippen molar-refractivity contribution in [3.05, 3.63) is 30.0 Å². The molecule has 3 nitrogen and oxygen atoms in total. The number of nitrogen functional groups attached to an aromatic ring is 1. The minimum atomic E-state index is 0.710. The molecule has 0 unspecified atom stereocenters. The molecule has 0 aliphatic rings. The average Bonchev–Trinajstić information content (AvgIpc) is 2.15. The van der Waals surface area contributed by atoms with E-state index < -0.39 is 0 Å². The predicted octanol–water partition coefficient (Wildman–Crippen LogP) is 2.35. The van der Waals surface area contributed by atoms with Crippen molar-refractivity contribution in [2.45, 2.75) is 20.3 Å². The highest BCUT2D eigenvalue weighted by Crippen LogP contribution is 2.13. The van der Waals surface area contributed by atoms with Gasteiger partial charge in [0, 0.05) is 6.54 Å². The van der Waals surface area contributed by atoms with E-state index in [1.165, 1.54) is 0 Å². The molecule has 0 spiro atoms. The summed E-state index contributed by atoms with van der Waals surface area (Å²) >= 11 is 0. The van der Waals surface area contributed by atoms with Crippen LogP contribution in [0.5, 0.6) is 0 Å². The molecule has 76 valence electrons. The van der Waals surface area contributed by atoms with Crippen LogP contribution in [0.4, 0.5) is 11.5 Å². The van der Waals surface area contributed by atoms with Gasteiger partial charge < -0.3 is 11.1 Å². The van der Waals surface area contributed by atoms with Gasteiger partial charge in [-0.2, -0.15) is 0 Å². The standard InChI is InChI=1S/C11H17N3/c1-3-4-5-6-13-11-9(2)7-10(12)8-14-11/h3-4,7-8H,5-6,12H2,1-2H3,(H,13,14)/b4-3+. The Bertz CT molecular complexity index is 318. The molecule has 3 N–H and O–H groups in total. The maximum absolute atomic E-state index is 5.60. The minimum absolute atomic E-state index is 0.710. The molecule has 3 heteroatoms. The van der Waals surface area contributed by atoms with E-state index >= 15 is 0 Å². The molecule has 0 fully saturated rings. The van der Waals surface area contributed by atoms with Gasteiger partial charge in [0.05, 0.1) is 11.9 Å². The first-order chi connectivity index (χ1) is 6.74. The fourth-order valence-electron chi connectivity index (χ4n) is 1.22. The van der Waals surface area contributed by atoms with Gasteiger partial charge in [-0.05, 0) is 31.9 Å². The Hall–Kier alpha value is -1.51. The summed E-state index contributed by atoms with van der Waals surface area (Å²) < 4.78 is 0. The Balaban J connectivity index is 2.50. The number of anilines is 2. The van der Waals surface area contributed by atoms with Crippen LogP contribution in [0, 0.1) is 6.92 Å². The molecule has 1 aromatic heterocycles. The molecule has 0 bridgehead atoms. The Labute approximate surface area is 85.0 Å². The molecule has 14 heavy (non-hydrogen) atoms. The molecule has 0 amide bonds. The first-order valence-corrected chi connectivity index (χ1v) is 4.81. The molecule has 0 saturated heterocycles. The van der Waals surface area contributed by atoms with Crippen LogP contribution < -0.4 is 11.1 Å². The van der Waals surface area contributed by atoms with E-state index in [9.17, 15) is 0 Å². The number of aryl methyl sites for hydroxylation is 1. The number of allylic oxidation sites excluding steroid dienone is 1. The summed E-state index contributed by atoms with van der Waals surface area (Å²) in [6, 6.07) is 1.92. The second-order valence-corrected chi connectivity index (χ2v) is 3.22. The van der Waals surface area contributed by atoms with Crippen LogP contribution in [0.2, 0.25) is 0 Å². The number of nitrogens with zero attached hydrogens (tertiary/aromatic N) is 1. The molecule has 0 aliphatic heterocycles. The average molecular weight is 191 g/mol. The molecule has 0 radical (unpaired) electrons. The van der Waals surface area contributed by atoms with E-state index in [0.717, 1.165) is 24.3 Å². The Morgan fingerprint density at radius 3 is 3.00 bits per heavy atom. The van der Waals surface area contributed by atoms with Crippen molar-refractivity contribution in [3.8, 4) is 0 Å². The lowest BCUT2D eigenvalue weighted by Crippen LogP contribution is -2.04. The van der Waals surface area contributed by atoms with Crippen LogP contribution in [0.1, 0.15) is 18.9 Å². The van der Waals surface area contributed by atoms with Crippen molar-refractivity contribution in [1.82, 2.24) is 4.98 Å². The summed E-state index contributed by atoms with van der Waals surface area (Å²) in [6.45, 7) is 4.93. The highest BCUT2D eigenvalue weighted by Gasteiger charge is 1.97. The van der Waals surface area contributed by atoms with Crippen LogP contribution in [-0.2, 0) is 0 Å². The lowest BCUT2D eigenvalue weighted by molar-refractivity contribution is 1.04. The van der Waals surface area contributed by atoms with Crippen molar-refractivity contribution in [3.63, 3.8) is 0 Å². The van der Waals surface area contributed by atoms with E-state index in [2.05, 4.69) is 16.4 Å². The lowest BCUT2D eigenvalue weighted by Gasteiger charge is -2.07. The zero-order valence-electron chi connectivity index (χ0n) is 8.75. The third-order valence-corrected chi connectivity index (χ3v) is 1.94. The zero-order chi connectivity index (χ0) is 10.4. The van der Waals surface area contributed by atoms with Gasteiger partial charge in [0.2, 0.25) is 0 Å². The van der Waals surface area contributed by atoms with Gasteiger partial charge in [0.1, 0.15) is 5.82 Å². The fourth-order valence-corrected chi connectivity index (χ4v) is 1.22. The van der Waals surface area contributed by atoms with Gasteiger partial charge >= 0.3 is 0 Å². The van der Waals surface area contributed by atoms with Gasteiger partial charge in [-0.25, -0.2) is 4.98 Å². The van der Waals surface area contributed by atoms with E-state index in [-0.39, 0.29) is 0 Å². The van der Waals surface area contributed by atoms with Crippen LogP contribution in [0.3, 0.4) is 0 Å². The van der Waals surface area contributed by atoms with Crippen LogP contribution in [-0.4, -0.2) is 11.5 Å². The second-order valence-electron chi connectivity index (χ2n) is 3.22. The Morgan fingerprint density at radius 2 is 2.36 bits per heavy atom. The van der Waals surface area contributed by atoms with Gasteiger partial charge in [-0.15, -0.1) is 0 Å². The molecule has 0 saturated carbocycles. The molecular weight excluding hydrogens is 174 g/mol. The van der Waals surface area contributed by atoms with Crippen LogP contribution >= 0.6 is 0 Å². The third kappa shape index (κ3) is 3.09. The van der Waals surface area contributed by atoms with Crippen LogP contribution in [0.25, 0.3) is 0 Å². The number of pyridine rings is 1. The SMILES string of the molecule is C/C=C/CCNc1ncc(N)cc1C. The molecule has 1 rings (SSSR count). The van der Waals surface area contributed by atoms with Gasteiger partial charge in [0.25, 0.3) is 0 Å². The smallest absolute Gasteiger partial charge is 0.129 e. The van der Waals surface area contributed by atoms with E-state index in [1.54, 1.807) is 6.20 Å². The number of rotatable bonds is 4. The predicted molar refractivity (Wildman–Crippen MR) is 61.3 cm³/mol. The molecule has 0 atom stereocenters. The Kier molecular flexibility index (Phi) is 3.98. The third-order valence-electron chi connectivity index (χ3n) is 1.94. The highest BCUT2D eigenvalue weighted by molar-refractivity contribution is 5.50. The van der Waals surface area contributed by atoms with E-state index in [0.29, 0.717) is 5.69 Å². The second kappa shape index (κ2) is 5.27.